The number of quaternary nitrogens is 1. The molecule has 1 amide bonds. The van der Waals surface area contributed by atoms with E-state index >= 15 is 0 Å². The van der Waals surface area contributed by atoms with Gasteiger partial charge in [-0.2, -0.15) is 0 Å². The van der Waals surface area contributed by atoms with Crippen LogP contribution in [0.25, 0.3) is 0 Å². The molecule has 0 aromatic heterocycles. The molecule has 0 aliphatic rings. The lowest BCUT2D eigenvalue weighted by molar-refractivity contribution is -0.910. The normalized spacial score (nSPS) is 10.9. The summed E-state index contributed by atoms with van der Waals surface area (Å²) < 4.78 is 0.834. The Morgan fingerprint density at radius 1 is 1.08 bits per heavy atom. The molecule has 0 aliphatic carbocycles. The topological polar surface area (TPSA) is 33.5 Å². The van der Waals surface area contributed by atoms with Crippen LogP contribution in [0.5, 0.6) is 0 Å². The summed E-state index contributed by atoms with van der Waals surface area (Å²) in [7, 11) is 0. The van der Waals surface area contributed by atoms with Gasteiger partial charge in [0.2, 0.25) is 0 Å². The molecule has 0 unspecified atom stereocenters. The van der Waals surface area contributed by atoms with E-state index in [0.717, 1.165) is 29.7 Å². The number of rotatable bonds is 7. The third-order valence-electron chi connectivity index (χ3n) is 4.10. The molecule has 0 radical (unpaired) electrons. The zero-order valence-electron chi connectivity index (χ0n) is 14.0. The first-order chi connectivity index (χ1) is 11.5. The lowest BCUT2D eigenvalue weighted by Gasteiger charge is -2.15. The maximum Gasteiger partial charge on any atom is 0.253 e. The summed E-state index contributed by atoms with van der Waals surface area (Å²) in [5, 5.41) is 3.37. The number of amides is 1. The number of hydrogen-bond donors (Lipinski definition) is 2. The molecular formula is C19H23BrClN2O+. The quantitative estimate of drug-likeness (QED) is 0.720. The van der Waals surface area contributed by atoms with Gasteiger partial charge < -0.3 is 10.2 Å². The second-order valence-corrected chi connectivity index (χ2v) is 7.08. The van der Waals surface area contributed by atoms with Crippen LogP contribution >= 0.6 is 27.5 Å². The van der Waals surface area contributed by atoms with Gasteiger partial charge in [0.1, 0.15) is 6.54 Å². The van der Waals surface area contributed by atoms with Crippen molar-refractivity contribution in [3.05, 3.63) is 68.7 Å². The molecule has 0 atom stereocenters. The molecule has 0 spiro atoms. The highest BCUT2D eigenvalue weighted by Crippen LogP contribution is 2.21. The highest BCUT2D eigenvalue weighted by atomic mass is 79.9. The Labute approximate surface area is 157 Å². The molecule has 2 aromatic carbocycles. The van der Waals surface area contributed by atoms with E-state index in [2.05, 4.69) is 59.4 Å². The van der Waals surface area contributed by atoms with Crippen molar-refractivity contribution in [3.63, 3.8) is 0 Å². The van der Waals surface area contributed by atoms with Gasteiger partial charge in [0.15, 0.2) is 0 Å². The maximum absolute atomic E-state index is 12.3. The molecule has 5 heteroatoms. The second kappa shape index (κ2) is 9.21. The van der Waals surface area contributed by atoms with E-state index in [4.69, 9.17) is 11.6 Å². The van der Waals surface area contributed by atoms with E-state index in [1.54, 1.807) is 17.0 Å². The van der Waals surface area contributed by atoms with Crippen molar-refractivity contribution in [2.24, 2.45) is 0 Å². The van der Waals surface area contributed by atoms with Gasteiger partial charge in [-0.15, -0.1) is 0 Å². The largest absolute Gasteiger partial charge is 0.348 e. The molecule has 0 bridgehead atoms. The first-order valence-corrected chi connectivity index (χ1v) is 9.35. The number of hydrogen-bond acceptors (Lipinski definition) is 1. The van der Waals surface area contributed by atoms with Crippen molar-refractivity contribution in [1.82, 2.24) is 5.32 Å². The van der Waals surface area contributed by atoms with Crippen molar-refractivity contribution >= 4 is 33.4 Å². The summed E-state index contributed by atoms with van der Waals surface area (Å²) in [4.78, 5) is 13.8. The number of halogens is 2. The molecular weight excluding hydrogens is 388 g/mol. The lowest BCUT2D eigenvalue weighted by atomic mass is 10.1. The minimum absolute atomic E-state index is 0.169. The number of benzene rings is 2. The Morgan fingerprint density at radius 3 is 2.33 bits per heavy atom. The fourth-order valence-corrected chi connectivity index (χ4v) is 3.08. The van der Waals surface area contributed by atoms with Crippen LogP contribution in [0.3, 0.4) is 0 Å². The van der Waals surface area contributed by atoms with E-state index in [-0.39, 0.29) is 5.91 Å². The minimum Gasteiger partial charge on any atom is -0.348 e. The summed E-state index contributed by atoms with van der Waals surface area (Å²) >= 11 is 9.44. The Bertz CT molecular complexity index is 684. The van der Waals surface area contributed by atoms with Crippen LogP contribution in [0.2, 0.25) is 5.02 Å². The number of nitrogens with one attached hydrogen (secondary N) is 2. The van der Waals surface area contributed by atoms with Crippen LogP contribution in [0.15, 0.2) is 46.9 Å². The first-order valence-electron chi connectivity index (χ1n) is 8.18. The minimum atomic E-state index is -0.169. The van der Waals surface area contributed by atoms with Crippen molar-refractivity contribution in [1.29, 1.82) is 0 Å². The molecule has 0 saturated heterocycles. The van der Waals surface area contributed by atoms with Gasteiger partial charge in [-0.05, 0) is 37.6 Å². The Morgan fingerprint density at radius 2 is 1.71 bits per heavy atom. The molecule has 0 saturated carbocycles. The van der Waals surface area contributed by atoms with Crippen LogP contribution in [-0.4, -0.2) is 19.0 Å². The number of carbonyl (C=O) groups excluding carboxylic acids is 1. The summed E-state index contributed by atoms with van der Waals surface area (Å²) in [6.07, 6.45) is 0. The van der Waals surface area contributed by atoms with Gasteiger partial charge in [-0.25, -0.2) is 0 Å². The zero-order chi connectivity index (χ0) is 17.5. The lowest BCUT2D eigenvalue weighted by Crippen LogP contribution is -3.10. The van der Waals surface area contributed by atoms with Crippen LogP contribution < -0.4 is 10.2 Å². The van der Waals surface area contributed by atoms with Crippen LogP contribution in [0.4, 0.5) is 0 Å². The van der Waals surface area contributed by atoms with E-state index in [0.29, 0.717) is 17.1 Å². The molecule has 2 rings (SSSR count). The molecule has 2 aromatic rings. The Balaban J connectivity index is 1.94. The van der Waals surface area contributed by atoms with Crippen LogP contribution in [-0.2, 0) is 13.1 Å². The standard InChI is InChI=1S/C19H22BrClN2O/c1-3-23(4-2)13-15-7-5-14(6-8-15)12-22-19(24)17-11-16(20)9-10-18(17)21/h5-11H,3-4,12-13H2,1-2H3,(H,22,24)/p+1. The molecule has 0 heterocycles. The molecule has 3 nitrogen and oxygen atoms in total. The fraction of sp³-hybridized carbons (Fsp3) is 0.316. The van der Waals surface area contributed by atoms with Crippen LogP contribution in [0.1, 0.15) is 35.3 Å². The van der Waals surface area contributed by atoms with Crippen molar-refractivity contribution < 1.29 is 9.69 Å². The van der Waals surface area contributed by atoms with E-state index in [1.807, 2.05) is 6.07 Å². The Kier molecular flexibility index (Phi) is 7.28. The fourth-order valence-electron chi connectivity index (χ4n) is 2.51. The molecule has 128 valence electrons. The monoisotopic (exact) mass is 409 g/mol. The third-order valence-corrected chi connectivity index (χ3v) is 4.93. The predicted octanol–water partition coefficient (Wildman–Crippen LogP) is 3.46. The van der Waals surface area contributed by atoms with Crippen molar-refractivity contribution in [2.45, 2.75) is 26.9 Å². The smallest absolute Gasteiger partial charge is 0.253 e. The van der Waals surface area contributed by atoms with E-state index in [9.17, 15) is 4.79 Å². The SMILES string of the molecule is CC[NH+](CC)Cc1ccc(CNC(=O)c2cc(Br)ccc2Cl)cc1. The summed E-state index contributed by atoms with van der Waals surface area (Å²) in [6.45, 7) is 8.18. The van der Waals surface area contributed by atoms with Gasteiger partial charge in [-0.3, -0.25) is 4.79 Å². The average Bonchev–Trinajstić information content (AvgIpc) is 2.60. The van der Waals surface area contributed by atoms with Crippen LogP contribution in [0, 0.1) is 0 Å². The van der Waals surface area contributed by atoms with E-state index in [1.165, 1.54) is 5.56 Å². The van der Waals surface area contributed by atoms with Gasteiger partial charge in [0, 0.05) is 16.6 Å². The number of carbonyl (C=O) groups is 1. The molecule has 0 fully saturated rings. The van der Waals surface area contributed by atoms with Crippen molar-refractivity contribution in [3.8, 4) is 0 Å². The first kappa shape index (κ1) is 19.0. The highest BCUT2D eigenvalue weighted by Gasteiger charge is 2.11. The second-order valence-electron chi connectivity index (χ2n) is 5.76. The summed E-state index contributed by atoms with van der Waals surface area (Å²) in [5.41, 5.74) is 2.87. The van der Waals surface area contributed by atoms with Gasteiger partial charge in [0.05, 0.1) is 23.7 Å². The van der Waals surface area contributed by atoms with Gasteiger partial charge in [-0.1, -0.05) is 51.8 Å². The average molecular weight is 411 g/mol. The molecule has 2 N–H and O–H groups in total. The maximum atomic E-state index is 12.3. The van der Waals surface area contributed by atoms with Gasteiger partial charge >= 0.3 is 0 Å². The Hall–Kier alpha value is -1.36. The summed E-state index contributed by atoms with van der Waals surface area (Å²) in [6, 6.07) is 13.7. The van der Waals surface area contributed by atoms with Gasteiger partial charge in [0.25, 0.3) is 5.91 Å². The molecule has 24 heavy (non-hydrogen) atoms. The van der Waals surface area contributed by atoms with E-state index < -0.39 is 0 Å². The van der Waals surface area contributed by atoms with Crippen molar-refractivity contribution in [2.75, 3.05) is 13.1 Å². The zero-order valence-corrected chi connectivity index (χ0v) is 16.4. The third kappa shape index (κ3) is 5.33. The highest BCUT2D eigenvalue weighted by molar-refractivity contribution is 9.10. The summed E-state index contributed by atoms with van der Waals surface area (Å²) in [5.74, 6) is -0.169. The predicted molar refractivity (Wildman–Crippen MR) is 103 cm³/mol. The molecule has 0 aliphatic heterocycles.